The number of benzene rings is 3. The second-order valence-corrected chi connectivity index (χ2v) is 11.5. The zero-order chi connectivity index (χ0) is 30.2. The van der Waals surface area contributed by atoms with Crippen LogP contribution >= 0.6 is 15.9 Å². The number of rotatable bonds is 9. The average molecular weight is 662 g/mol. The molecular weight excluding hydrogens is 640 g/mol. The molecule has 218 valence electrons. The van der Waals surface area contributed by atoms with Gasteiger partial charge < -0.3 is 18.7 Å². The molecule has 0 radical (unpaired) electrons. The Morgan fingerprint density at radius 3 is 2.36 bits per heavy atom. The molecule has 10 nitrogen and oxygen atoms in total. The molecule has 5 rings (SSSR count). The van der Waals surface area contributed by atoms with Crippen LogP contribution in [0.15, 0.2) is 85.6 Å². The summed E-state index contributed by atoms with van der Waals surface area (Å²) < 4.78 is 81.2. The van der Waals surface area contributed by atoms with Gasteiger partial charge in [0.05, 0.1) is 43.6 Å². The molecule has 0 fully saturated rings. The Balaban J connectivity index is 1.68. The molecule has 2 aromatic heterocycles. The first kappa shape index (κ1) is 29.1. The highest BCUT2D eigenvalue weighted by atomic mass is 79.9. The van der Waals surface area contributed by atoms with Gasteiger partial charge in [0.2, 0.25) is 0 Å². The first-order valence-corrected chi connectivity index (χ1v) is 14.3. The second-order valence-electron chi connectivity index (χ2n) is 8.83. The number of methoxy groups -OCH3 is 3. The predicted octanol–water partition coefficient (Wildman–Crippen LogP) is 5.44. The zero-order valence-corrected chi connectivity index (χ0v) is 24.7. The number of ether oxygens (including phenoxy) is 3. The molecule has 0 aliphatic rings. The zero-order valence-electron chi connectivity index (χ0n) is 22.3. The van der Waals surface area contributed by atoms with E-state index >= 15 is 4.39 Å². The van der Waals surface area contributed by atoms with E-state index < -0.39 is 32.1 Å². The fourth-order valence-electron chi connectivity index (χ4n) is 4.42. The van der Waals surface area contributed by atoms with Gasteiger partial charge >= 0.3 is 0 Å². The molecule has 14 heteroatoms. The van der Waals surface area contributed by atoms with Crippen molar-refractivity contribution in [1.29, 1.82) is 0 Å². The summed E-state index contributed by atoms with van der Waals surface area (Å²) in [5, 5.41) is 3.95. The largest absolute Gasteiger partial charge is 0.497 e. The van der Waals surface area contributed by atoms with E-state index in [4.69, 9.17) is 18.7 Å². The third kappa shape index (κ3) is 5.18. The Morgan fingerprint density at radius 1 is 0.929 bits per heavy atom. The molecule has 0 atom stereocenters. The van der Waals surface area contributed by atoms with Gasteiger partial charge in [-0.05, 0) is 46.3 Å². The van der Waals surface area contributed by atoms with Crippen LogP contribution in [0.4, 0.5) is 14.6 Å². The molecule has 0 bridgehead atoms. The molecule has 0 amide bonds. The Hall–Kier alpha value is -4.43. The first-order valence-electron chi connectivity index (χ1n) is 12.1. The minimum atomic E-state index is -4.63. The van der Waals surface area contributed by atoms with Crippen molar-refractivity contribution in [3.63, 3.8) is 0 Å². The smallest absolute Gasteiger partial charge is 0.268 e. The molecule has 0 spiro atoms. The predicted molar refractivity (Wildman–Crippen MR) is 153 cm³/mol. The number of anilines is 1. The van der Waals surface area contributed by atoms with Gasteiger partial charge in [0, 0.05) is 41.3 Å². The van der Waals surface area contributed by atoms with Crippen LogP contribution in [-0.2, 0) is 16.6 Å². The van der Waals surface area contributed by atoms with E-state index in [1.54, 1.807) is 18.2 Å². The standard InChI is InChI=1S/C28H22BrF2N3O7S/c1-38-18-6-4-17(24(11-18)39-2)15-33(27-8-9-41-32-27)42(36,37)26-10-16-5-7-28(35)34(22(16)14-21(26)31)23-13-20(30)19(29)12-25(23)40-3/h4-14H,15H2,1-3H3. The lowest BCUT2D eigenvalue weighted by Gasteiger charge is -2.23. The third-order valence-electron chi connectivity index (χ3n) is 6.47. The van der Waals surface area contributed by atoms with Crippen LogP contribution in [0.5, 0.6) is 17.2 Å². The number of sulfonamides is 1. The number of pyridine rings is 1. The molecular formula is C28H22BrF2N3O7S. The minimum Gasteiger partial charge on any atom is -0.497 e. The molecule has 42 heavy (non-hydrogen) atoms. The van der Waals surface area contributed by atoms with Gasteiger partial charge in [-0.1, -0.05) is 5.16 Å². The number of hydrogen-bond acceptors (Lipinski definition) is 8. The molecule has 0 saturated carbocycles. The molecule has 5 aromatic rings. The Kier molecular flexibility index (Phi) is 7.93. The van der Waals surface area contributed by atoms with E-state index in [-0.39, 0.29) is 39.2 Å². The van der Waals surface area contributed by atoms with Crippen molar-refractivity contribution in [1.82, 2.24) is 9.72 Å². The highest BCUT2D eigenvalue weighted by Crippen LogP contribution is 2.34. The monoisotopic (exact) mass is 661 g/mol. The van der Waals surface area contributed by atoms with Gasteiger partial charge in [-0.15, -0.1) is 0 Å². The maximum atomic E-state index is 15.8. The Morgan fingerprint density at radius 2 is 1.69 bits per heavy atom. The maximum Gasteiger partial charge on any atom is 0.268 e. The SMILES string of the molecule is COc1ccc(CN(c2ccon2)S(=O)(=O)c2cc3ccc(=O)n(-c4cc(F)c(Br)cc4OC)c3cc2F)c(OC)c1. The summed E-state index contributed by atoms with van der Waals surface area (Å²) in [6, 6.07) is 13.0. The van der Waals surface area contributed by atoms with Gasteiger partial charge in [0.25, 0.3) is 15.6 Å². The van der Waals surface area contributed by atoms with Crippen molar-refractivity contribution >= 4 is 42.7 Å². The Bertz CT molecular complexity index is 1970. The normalized spacial score (nSPS) is 11.5. The molecule has 2 heterocycles. The number of aromatic nitrogens is 2. The summed E-state index contributed by atoms with van der Waals surface area (Å²) >= 11 is 3.07. The van der Waals surface area contributed by atoms with Crippen molar-refractivity contribution in [3.05, 3.63) is 99.0 Å². The lowest BCUT2D eigenvalue weighted by Crippen LogP contribution is -2.32. The van der Waals surface area contributed by atoms with E-state index in [1.165, 1.54) is 45.8 Å². The fraction of sp³-hybridized carbons (Fsp3) is 0.143. The van der Waals surface area contributed by atoms with Crippen LogP contribution in [0.25, 0.3) is 16.6 Å². The van der Waals surface area contributed by atoms with Crippen molar-refractivity contribution in [2.45, 2.75) is 11.4 Å². The van der Waals surface area contributed by atoms with Crippen LogP contribution in [0.3, 0.4) is 0 Å². The number of halogens is 3. The van der Waals surface area contributed by atoms with Gasteiger partial charge in [-0.2, -0.15) is 0 Å². The summed E-state index contributed by atoms with van der Waals surface area (Å²) in [6.07, 6.45) is 1.18. The minimum absolute atomic E-state index is 0.000341. The van der Waals surface area contributed by atoms with Crippen LogP contribution in [-0.4, -0.2) is 39.5 Å². The lowest BCUT2D eigenvalue weighted by atomic mass is 10.2. The second kappa shape index (κ2) is 11.4. The lowest BCUT2D eigenvalue weighted by molar-refractivity contribution is 0.391. The quantitative estimate of drug-likeness (QED) is 0.205. The highest BCUT2D eigenvalue weighted by molar-refractivity contribution is 9.10. The van der Waals surface area contributed by atoms with Crippen molar-refractivity contribution in [3.8, 4) is 22.9 Å². The van der Waals surface area contributed by atoms with E-state index in [1.807, 2.05) is 0 Å². The van der Waals surface area contributed by atoms with Crippen LogP contribution in [0.1, 0.15) is 5.56 Å². The highest BCUT2D eigenvalue weighted by Gasteiger charge is 2.32. The molecule has 3 aromatic carbocycles. The van der Waals surface area contributed by atoms with E-state index in [0.29, 0.717) is 17.1 Å². The summed E-state index contributed by atoms with van der Waals surface area (Å²) in [4.78, 5) is 12.3. The van der Waals surface area contributed by atoms with Gasteiger partial charge in [0.1, 0.15) is 40.0 Å². The summed E-state index contributed by atoms with van der Waals surface area (Å²) in [6.45, 7) is -0.297. The first-order chi connectivity index (χ1) is 20.1. The van der Waals surface area contributed by atoms with Crippen LogP contribution in [0.2, 0.25) is 0 Å². The number of fused-ring (bicyclic) bond motifs is 1. The molecule has 0 N–H and O–H groups in total. The third-order valence-corrected chi connectivity index (χ3v) is 8.84. The summed E-state index contributed by atoms with van der Waals surface area (Å²) in [7, 11) is -0.396. The molecule has 0 unspecified atom stereocenters. The fourth-order valence-corrected chi connectivity index (χ4v) is 6.21. The molecule has 0 aliphatic carbocycles. The summed E-state index contributed by atoms with van der Waals surface area (Å²) in [5.41, 5.74) is -0.193. The Labute approximate surface area is 246 Å². The van der Waals surface area contributed by atoms with Crippen molar-refractivity contribution < 1.29 is 35.9 Å². The topological polar surface area (TPSA) is 113 Å². The number of hydrogen-bond donors (Lipinski definition) is 0. The van der Waals surface area contributed by atoms with Crippen LogP contribution in [0, 0.1) is 11.6 Å². The van der Waals surface area contributed by atoms with E-state index in [0.717, 1.165) is 33.1 Å². The average Bonchev–Trinajstić information content (AvgIpc) is 3.51. The van der Waals surface area contributed by atoms with Gasteiger partial charge in [0.15, 0.2) is 5.82 Å². The van der Waals surface area contributed by atoms with E-state index in [2.05, 4.69) is 21.1 Å². The van der Waals surface area contributed by atoms with Crippen molar-refractivity contribution in [2.75, 3.05) is 25.6 Å². The van der Waals surface area contributed by atoms with Gasteiger partial charge in [-0.3, -0.25) is 9.36 Å². The van der Waals surface area contributed by atoms with Crippen LogP contribution < -0.4 is 24.1 Å². The maximum absolute atomic E-state index is 15.8. The van der Waals surface area contributed by atoms with Gasteiger partial charge in [-0.25, -0.2) is 21.5 Å². The van der Waals surface area contributed by atoms with E-state index in [9.17, 15) is 17.6 Å². The number of nitrogens with zero attached hydrogens (tertiary/aromatic N) is 3. The van der Waals surface area contributed by atoms with Crippen molar-refractivity contribution in [2.24, 2.45) is 0 Å². The molecule has 0 saturated heterocycles. The molecule has 0 aliphatic heterocycles. The summed E-state index contributed by atoms with van der Waals surface area (Å²) in [5.74, 6) is -1.01.